The van der Waals surface area contributed by atoms with Gasteiger partial charge in [-0.15, -0.1) is 54.1 Å². The van der Waals surface area contributed by atoms with Crippen molar-refractivity contribution in [2.24, 2.45) is 0 Å². The first kappa shape index (κ1) is 27.1. The van der Waals surface area contributed by atoms with Crippen LogP contribution in [-0.2, 0) is 20.1 Å². The minimum Gasteiger partial charge on any atom is -0.501 e. The molecule has 0 bridgehead atoms. The Morgan fingerprint density at radius 3 is 2.17 bits per heavy atom. The molecule has 5 heteroatoms. The number of nitrogens with zero attached hydrogens (tertiary/aromatic N) is 2. The van der Waals surface area contributed by atoms with Crippen LogP contribution in [0.5, 0.6) is 0 Å². The van der Waals surface area contributed by atoms with Crippen molar-refractivity contribution in [3.05, 3.63) is 164 Å². The topological polar surface area (TPSA) is 38.9 Å². The number of hydrogen-bond donors (Lipinski definition) is 0. The maximum atomic E-state index is 8.31. The number of fused-ring (bicyclic) bond motifs is 3. The van der Waals surface area contributed by atoms with Gasteiger partial charge in [-0.05, 0) is 51.0 Å². The summed E-state index contributed by atoms with van der Waals surface area (Å²) in [5.41, 5.74) is 7.45. The molecule has 0 unspecified atom stereocenters. The molecule has 0 amide bonds. The van der Waals surface area contributed by atoms with Gasteiger partial charge in [-0.3, -0.25) is 0 Å². The van der Waals surface area contributed by atoms with Crippen LogP contribution in [0.1, 0.15) is 6.85 Å². The Balaban J connectivity index is 0.000000238. The van der Waals surface area contributed by atoms with Gasteiger partial charge >= 0.3 is 0 Å². The van der Waals surface area contributed by atoms with E-state index in [0.29, 0.717) is 16.7 Å². The van der Waals surface area contributed by atoms with E-state index >= 15 is 0 Å². The van der Waals surface area contributed by atoms with E-state index in [1.54, 1.807) is 18.3 Å². The summed E-state index contributed by atoms with van der Waals surface area (Å²) in [4.78, 5) is 9.09. The minimum atomic E-state index is -1.23. The van der Waals surface area contributed by atoms with E-state index in [1.807, 2.05) is 91.1 Å². The van der Waals surface area contributed by atoms with Crippen molar-refractivity contribution in [2.45, 2.75) is 19.6 Å². The third-order valence-electron chi connectivity index (χ3n) is 7.96. The van der Waals surface area contributed by atoms with Gasteiger partial charge in [-0.1, -0.05) is 121 Å². The van der Waals surface area contributed by atoms with Crippen molar-refractivity contribution in [1.29, 1.82) is 0 Å². The van der Waals surface area contributed by atoms with Crippen LogP contribution in [0.25, 0.3) is 66.7 Å². The standard InChI is InChI=1S/C29H18NO.C14H16NSi.Ir/c1-3-8-20(9-4-1)22-14-15-24-25-12-7-13-26(29(25)31-28(24)19-22)27-18-23(16-17-30-27)21-10-5-2-6-11-21;1-16(2,3)13-9-10-14(15-11-13)12-7-5-4-6-8-12;/h1-12,14-19H;4-7,9-11H,1-3H3;/q2*-1;/i1D,3D,4D,8D,9D;;. The zero-order valence-electron chi connectivity index (χ0n) is 31.7. The van der Waals surface area contributed by atoms with Crippen molar-refractivity contribution in [2.75, 3.05) is 0 Å². The first-order chi connectivity index (χ1) is 25.0. The third kappa shape index (κ3) is 7.14. The van der Waals surface area contributed by atoms with Crippen LogP contribution in [0, 0.1) is 12.1 Å². The van der Waals surface area contributed by atoms with Gasteiger partial charge in [0, 0.05) is 37.9 Å². The molecule has 5 aromatic carbocycles. The Bertz CT molecular complexity index is 2530. The first-order valence-corrected chi connectivity index (χ1v) is 18.9. The number of hydrogen-bond acceptors (Lipinski definition) is 3. The van der Waals surface area contributed by atoms with Crippen LogP contribution in [0.4, 0.5) is 0 Å². The quantitative estimate of drug-likeness (QED) is 0.128. The summed E-state index contributed by atoms with van der Waals surface area (Å²) in [5, 5.41) is 3.14. The average Bonchev–Trinajstić information content (AvgIpc) is 3.55. The zero-order valence-corrected chi connectivity index (χ0v) is 30.1. The average molecular weight is 820 g/mol. The zero-order chi connectivity index (χ0) is 36.6. The molecule has 0 fully saturated rings. The predicted molar refractivity (Wildman–Crippen MR) is 198 cm³/mol. The monoisotopic (exact) mass is 820 g/mol. The molecule has 3 aromatic heterocycles. The van der Waals surface area contributed by atoms with Crippen molar-refractivity contribution >= 4 is 35.2 Å². The van der Waals surface area contributed by atoms with Crippen LogP contribution < -0.4 is 5.19 Å². The Kier molecular flexibility index (Phi) is 8.15. The Morgan fingerprint density at radius 1 is 0.646 bits per heavy atom. The molecule has 0 aliphatic carbocycles. The largest absolute Gasteiger partial charge is 0.501 e. The van der Waals surface area contributed by atoms with Gasteiger partial charge in [0.15, 0.2) is 0 Å². The molecule has 8 aromatic rings. The second kappa shape index (κ2) is 14.5. The second-order valence-electron chi connectivity index (χ2n) is 12.2. The Labute approximate surface area is 303 Å². The van der Waals surface area contributed by atoms with Gasteiger partial charge in [-0.2, -0.15) is 0 Å². The number of furan rings is 1. The number of benzene rings is 5. The second-order valence-corrected chi connectivity index (χ2v) is 17.2. The van der Waals surface area contributed by atoms with Gasteiger partial charge in [0.1, 0.15) is 5.58 Å². The molecule has 0 aliphatic rings. The predicted octanol–water partition coefficient (Wildman–Crippen LogP) is 10.9. The molecule has 0 saturated carbocycles. The van der Waals surface area contributed by atoms with Crippen LogP contribution in [0.2, 0.25) is 19.6 Å². The van der Waals surface area contributed by atoms with Gasteiger partial charge in [0.05, 0.1) is 20.5 Å². The molecular formula is C43H34IrN2OSi-2. The Hall–Kier alpha value is -4.93. The summed E-state index contributed by atoms with van der Waals surface area (Å²) in [6.07, 6.45) is 3.78. The van der Waals surface area contributed by atoms with Crippen molar-refractivity contribution in [1.82, 2.24) is 9.97 Å². The molecule has 0 spiro atoms. The summed E-state index contributed by atoms with van der Waals surface area (Å²) >= 11 is 0. The van der Waals surface area contributed by atoms with Crippen LogP contribution in [0.3, 0.4) is 0 Å². The molecular weight excluding hydrogens is 781 g/mol. The van der Waals surface area contributed by atoms with Crippen molar-refractivity contribution in [3.63, 3.8) is 0 Å². The van der Waals surface area contributed by atoms with E-state index in [1.165, 1.54) is 5.19 Å². The van der Waals surface area contributed by atoms with E-state index < -0.39 is 14.1 Å². The maximum Gasteiger partial charge on any atom is 0.121 e. The summed E-state index contributed by atoms with van der Waals surface area (Å²) in [5.74, 6) is 0. The fraction of sp³-hybridized carbons (Fsp3) is 0.0698. The SMILES string of the molecule is C[Si](C)(C)c1ccc(-c2[c-]cccc2)nc1.[2H]c1c([2H])c([2H])c(-c2ccc3c(c2)oc2c(-c4cc(-c5ccccc5)ccn4)[c-]ccc23)c([2H])c1[2H].[Ir]. The van der Waals surface area contributed by atoms with E-state index in [2.05, 4.69) is 53.9 Å². The maximum absolute atomic E-state index is 8.31. The molecule has 0 saturated heterocycles. The molecule has 8 rings (SSSR count). The molecule has 3 heterocycles. The Morgan fingerprint density at radius 2 is 1.44 bits per heavy atom. The van der Waals surface area contributed by atoms with E-state index in [4.69, 9.17) is 11.3 Å². The molecule has 0 atom stereocenters. The molecule has 1 radical (unpaired) electrons. The van der Waals surface area contributed by atoms with Crippen LogP contribution in [-0.4, -0.2) is 18.0 Å². The van der Waals surface area contributed by atoms with Crippen LogP contribution >= 0.6 is 0 Å². The molecule has 0 N–H and O–H groups in total. The summed E-state index contributed by atoms with van der Waals surface area (Å²) in [7, 11) is -1.23. The molecule has 48 heavy (non-hydrogen) atoms. The fourth-order valence-electron chi connectivity index (χ4n) is 5.41. The number of aromatic nitrogens is 2. The first-order valence-electron chi connectivity index (χ1n) is 17.9. The summed E-state index contributed by atoms with van der Waals surface area (Å²) in [6, 6.07) is 40.2. The smallest absolute Gasteiger partial charge is 0.121 e. The molecule has 0 aliphatic heterocycles. The fourth-order valence-corrected chi connectivity index (χ4v) is 6.44. The minimum absolute atomic E-state index is 0. The third-order valence-corrected chi connectivity index (χ3v) is 9.99. The van der Waals surface area contributed by atoms with Gasteiger partial charge in [0.2, 0.25) is 0 Å². The van der Waals surface area contributed by atoms with Gasteiger partial charge < -0.3 is 14.4 Å². The van der Waals surface area contributed by atoms with Gasteiger partial charge in [0.25, 0.3) is 0 Å². The summed E-state index contributed by atoms with van der Waals surface area (Å²) < 4.78 is 46.8. The van der Waals surface area contributed by atoms with E-state index in [9.17, 15) is 0 Å². The van der Waals surface area contributed by atoms with Crippen molar-refractivity contribution < 1.29 is 31.4 Å². The molecule has 237 valence electrons. The summed E-state index contributed by atoms with van der Waals surface area (Å²) in [6.45, 7) is 7.00. The van der Waals surface area contributed by atoms with Crippen LogP contribution in [0.15, 0.2) is 156 Å². The molecule has 3 nitrogen and oxygen atoms in total. The van der Waals surface area contributed by atoms with E-state index in [0.717, 1.165) is 44.4 Å². The number of pyridine rings is 2. The number of rotatable bonds is 5. The van der Waals surface area contributed by atoms with Gasteiger partial charge in [-0.25, -0.2) is 0 Å². The van der Waals surface area contributed by atoms with E-state index in [-0.39, 0.29) is 49.8 Å². The normalized spacial score (nSPS) is 12.5. The van der Waals surface area contributed by atoms with Crippen molar-refractivity contribution in [3.8, 4) is 44.8 Å².